The lowest BCUT2D eigenvalue weighted by Crippen LogP contribution is -2.61. The van der Waals surface area contributed by atoms with Crippen LogP contribution in [0.1, 0.15) is 290 Å². The molecule has 1 heterocycles. The van der Waals surface area contributed by atoms with Crippen LogP contribution in [0.5, 0.6) is 0 Å². The van der Waals surface area contributed by atoms with Gasteiger partial charge in [0.25, 0.3) is 0 Å². The molecule has 1 aliphatic heterocycles. The van der Waals surface area contributed by atoms with Gasteiger partial charge >= 0.3 is 5.97 Å². The number of carbonyl (C=O) groups excluding carboxylic acids is 2. The minimum Gasteiger partial charge on any atom is -0.454 e. The van der Waals surface area contributed by atoms with Gasteiger partial charge in [0.05, 0.1) is 25.4 Å². The molecule has 1 rings (SSSR count). The summed E-state index contributed by atoms with van der Waals surface area (Å²) in [6, 6.07) is -1.05. The van der Waals surface area contributed by atoms with E-state index in [0.29, 0.717) is 19.3 Å². The molecule has 1 amide bonds. The first-order valence-corrected chi connectivity index (χ1v) is 35.2. The number of hydrogen-bond acceptors (Lipinski definition) is 10. The normalized spacial score (nSPS) is 19.0. The number of hydrogen-bond donors (Lipinski definition) is 6. The Hall–Kier alpha value is -3.68. The molecule has 6 N–H and O–H groups in total. The Labute approximate surface area is 526 Å². The van der Waals surface area contributed by atoms with Crippen molar-refractivity contribution < 1.29 is 49.3 Å². The van der Waals surface area contributed by atoms with Crippen LogP contribution in [0.15, 0.2) is 109 Å². The van der Waals surface area contributed by atoms with Crippen molar-refractivity contribution in [3.05, 3.63) is 109 Å². The molecule has 0 radical (unpaired) electrons. The van der Waals surface area contributed by atoms with Crippen molar-refractivity contribution in [3.8, 4) is 0 Å². The molecule has 0 aromatic carbocycles. The number of aliphatic hydroxyl groups excluding tert-OH is 5. The van der Waals surface area contributed by atoms with Gasteiger partial charge in [-0.2, -0.15) is 0 Å². The van der Waals surface area contributed by atoms with E-state index < -0.39 is 67.4 Å². The molecule has 11 heteroatoms. The van der Waals surface area contributed by atoms with Crippen LogP contribution in [-0.2, 0) is 23.8 Å². The Bertz CT molecular complexity index is 1820. The molecule has 0 aliphatic carbocycles. The van der Waals surface area contributed by atoms with Crippen molar-refractivity contribution in [3.63, 3.8) is 0 Å². The van der Waals surface area contributed by atoms with Crippen LogP contribution < -0.4 is 5.32 Å². The molecule has 494 valence electrons. The molecule has 1 aliphatic rings. The molecule has 8 atom stereocenters. The zero-order valence-corrected chi connectivity index (χ0v) is 54.9. The zero-order chi connectivity index (χ0) is 62.4. The third kappa shape index (κ3) is 48.3. The second-order valence-electron chi connectivity index (χ2n) is 23.9. The number of rotatable bonds is 59. The maximum Gasteiger partial charge on any atom is 0.306 e. The summed E-state index contributed by atoms with van der Waals surface area (Å²) in [6.45, 7) is 5.63. The van der Waals surface area contributed by atoms with Crippen molar-refractivity contribution in [2.45, 2.75) is 339 Å². The minimum atomic E-state index is -1.65. The van der Waals surface area contributed by atoms with Gasteiger partial charge in [0.15, 0.2) is 12.4 Å². The topological polar surface area (TPSA) is 175 Å². The van der Waals surface area contributed by atoms with Gasteiger partial charge in [0, 0.05) is 6.42 Å². The number of ether oxygens (including phenoxy) is 3. The average molecular weight is 1200 g/mol. The van der Waals surface area contributed by atoms with E-state index in [9.17, 15) is 35.1 Å². The summed E-state index contributed by atoms with van der Waals surface area (Å²) in [7, 11) is 0. The summed E-state index contributed by atoms with van der Waals surface area (Å²) in [4.78, 5) is 26.6. The first-order chi connectivity index (χ1) is 42.2. The molecule has 0 aromatic rings. The summed E-state index contributed by atoms with van der Waals surface area (Å²) in [5.74, 6) is -1.28. The molecular weight excluding hydrogens is 1070 g/mol. The summed E-state index contributed by atoms with van der Waals surface area (Å²) < 4.78 is 17.6. The van der Waals surface area contributed by atoms with Gasteiger partial charge in [-0.25, -0.2) is 0 Å². The second-order valence-corrected chi connectivity index (χ2v) is 23.9. The van der Waals surface area contributed by atoms with Crippen LogP contribution in [-0.4, -0.2) is 99.6 Å². The van der Waals surface area contributed by atoms with Crippen LogP contribution in [0, 0.1) is 0 Å². The molecule has 0 spiro atoms. The van der Waals surface area contributed by atoms with Gasteiger partial charge in [-0.3, -0.25) is 9.59 Å². The van der Waals surface area contributed by atoms with Gasteiger partial charge in [-0.05, 0) is 96.3 Å². The number of allylic oxidation sites excluding steroid dienone is 17. The zero-order valence-electron chi connectivity index (χ0n) is 54.9. The first kappa shape index (κ1) is 80.3. The summed E-state index contributed by atoms with van der Waals surface area (Å²) >= 11 is 0. The highest BCUT2D eigenvalue weighted by atomic mass is 16.7. The van der Waals surface area contributed by atoms with Crippen molar-refractivity contribution in [1.82, 2.24) is 5.32 Å². The lowest BCUT2D eigenvalue weighted by Gasteiger charge is -2.41. The predicted octanol–water partition coefficient (Wildman–Crippen LogP) is 18.0. The van der Waals surface area contributed by atoms with Crippen LogP contribution in [0.4, 0.5) is 0 Å². The lowest BCUT2D eigenvalue weighted by molar-refractivity contribution is -0.305. The SMILES string of the molecule is CC/C=C\C/C=C\C/C=C\C/C=C\C/C=C\C/C=C\CCC(=O)OC1C(OCC(NC(=O)C(O)CCCCCCCCCCCCCCCCCC/C=C\C/C=C\CCCCC)C(O)/C=C/CCCCCCCCCCCC)OC(CO)C(O)C1O. The van der Waals surface area contributed by atoms with E-state index in [2.05, 4.69) is 111 Å². The fourth-order valence-electron chi connectivity index (χ4n) is 10.4. The van der Waals surface area contributed by atoms with Crippen molar-refractivity contribution in [2.75, 3.05) is 13.2 Å². The summed E-state index contributed by atoms with van der Waals surface area (Å²) in [6.07, 6.45) is 74.3. The van der Waals surface area contributed by atoms with Gasteiger partial charge in [0.1, 0.15) is 24.4 Å². The van der Waals surface area contributed by atoms with Crippen molar-refractivity contribution in [2.24, 2.45) is 0 Å². The largest absolute Gasteiger partial charge is 0.454 e. The molecular formula is C75H129NO10. The molecule has 1 saturated heterocycles. The Morgan fingerprint density at radius 3 is 1.28 bits per heavy atom. The van der Waals surface area contributed by atoms with Crippen LogP contribution in [0.2, 0.25) is 0 Å². The van der Waals surface area contributed by atoms with E-state index in [0.717, 1.165) is 83.5 Å². The predicted molar refractivity (Wildman–Crippen MR) is 361 cm³/mol. The number of nitrogens with one attached hydrogen (secondary N) is 1. The number of carbonyl (C=O) groups is 2. The van der Waals surface area contributed by atoms with Gasteiger partial charge in [-0.15, -0.1) is 0 Å². The molecule has 11 nitrogen and oxygen atoms in total. The average Bonchev–Trinajstić information content (AvgIpc) is 3.01. The Kier molecular flexibility index (Phi) is 57.5. The third-order valence-electron chi connectivity index (χ3n) is 15.9. The second kappa shape index (κ2) is 61.6. The van der Waals surface area contributed by atoms with Gasteiger partial charge in [0.2, 0.25) is 5.91 Å². The monoisotopic (exact) mass is 1200 g/mol. The fourth-order valence-corrected chi connectivity index (χ4v) is 10.4. The number of amides is 1. The smallest absolute Gasteiger partial charge is 0.306 e. The van der Waals surface area contributed by atoms with Crippen molar-refractivity contribution in [1.29, 1.82) is 0 Å². The number of esters is 1. The quantitative estimate of drug-likeness (QED) is 0.0195. The molecule has 0 saturated carbocycles. The van der Waals surface area contributed by atoms with E-state index in [1.165, 1.54) is 154 Å². The van der Waals surface area contributed by atoms with E-state index in [4.69, 9.17) is 14.2 Å². The molecule has 0 bridgehead atoms. The maximum absolute atomic E-state index is 13.5. The molecule has 0 aromatic heterocycles. The number of aliphatic hydroxyl groups is 5. The van der Waals surface area contributed by atoms with E-state index in [-0.39, 0.29) is 19.4 Å². The van der Waals surface area contributed by atoms with E-state index in [1.54, 1.807) is 6.08 Å². The fraction of sp³-hybridized carbons (Fsp3) is 0.733. The highest BCUT2D eigenvalue weighted by molar-refractivity contribution is 5.80. The van der Waals surface area contributed by atoms with Gasteiger partial charge < -0.3 is 45.1 Å². The third-order valence-corrected chi connectivity index (χ3v) is 15.9. The summed E-state index contributed by atoms with van der Waals surface area (Å²) in [5.41, 5.74) is 0. The molecule has 1 fully saturated rings. The molecule has 86 heavy (non-hydrogen) atoms. The maximum atomic E-state index is 13.5. The lowest BCUT2D eigenvalue weighted by atomic mass is 9.99. The minimum absolute atomic E-state index is 0.00551. The standard InChI is InChI=1S/C75H129NO10/c1-4-7-10-13-16-19-22-25-27-29-31-32-33-34-35-36-37-39-40-42-44-47-50-53-56-59-62-68(79)74(83)76-66(67(78)61-58-55-52-49-46-24-21-18-15-12-9-6-3)65-84-75-73(72(82)71(81)69(64-77)85-75)86-70(80)63-60-57-54-51-48-45-43-41-38-30-28-26-23-20-17-14-11-8-5-2/h8,11,16-17,19-20,25-28,38,41,45,48,54,57-58,61,66-69,71-73,75,77-79,81-82H,4-7,9-10,12-15,18,21-24,29-37,39-40,42-44,46-47,49-53,55-56,59-60,62-65H2,1-3H3,(H,76,83)/b11-8-,19-16-,20-17-,27-25-,28-26-,41-38-,48-45-,57-54-,61-58+. The first-order valence-electron chi connectivity index (χ1n) is 35.2. The Balaban J connectivity index is 2.60. The Morgan fingerprint density at radius 1 is 0.465 bits per heavy atom. The highest BCUT2D eigenvalue weighted by Gasteiger charge is 2.47. The van der Waals surface area contributed by atoms with Crippen molar-refractivity contribution >= 4 is 11.9 Å². The summed E-state index contributed by atoms with van der Waals surface area (Å²) in [5, 5.41) is 57.2. The van der Waals surface area contributed by atoms with Gasteiger partial charge in [-0.1, -0.05) is 297 Å². The van der Waals surface area contributed by atoms with E-state index in [1.807, 2.05) is 18.2 Å². The number of unbranched alkanes of at least 4 members (excludes halogenated alkanes) is 29. The van der Waals surface area contributed by atoms with E-state index >= 15 is 0 Å². The van der Waals surface area contributed by atoms with Crippen LogP contribution in [0.3, 0.4) is 0 Å². The Morgan fingerprint density at radius 2 is 0.837 bits per heavy atom. The molecule has 8 unspecified atom stereocenters. The van der Waals surface area contributed by atoms with Crippen LogP contribution in [0.25, 0.3) is 0 Å². The highest BCUT2D eigenvalue weighted by Crippen LogP contribution is 2.26. The van der Waals surface area contributed by atoms with Crippen LogP contribution >= 0.6 is 0 Å².